The molecule has 0 saturated carbocycles. The van der Waals surface area contributed by atoms with Crippen LogP contribution in [0.2, 0.25) is 0 Å². The van der Waals surface area contributed by atoms with Gasteiger partial charge in [0.1, 0.15) is 24.5 Å². The van der Waals surface area contributed by atoms with E-state index in [1.165, 1.54) is 5.57 Å². The Morgan fingerprint density at radius 2 is 1.56 bits per heavy atom. The summed E-state index contributed by atoms with van der Waals surface area (Å²) in [6, 6.07) is 30.2. The molecule has 1 amide bonds. The number of benzene rings is 3. The first-order chi connectivity index (χ1) is 21.7. The van der Waals surface area contributed by atoms with Gasteiger partial charge in [-0.3, -0.25) is 0 Å². The van der Waals surface area contributed by atoms with Crippen molar-refractivity contribution in [1.82, 2.24) is 19.7 Å². The van der Waals surface area contributed by atoms with E-state index >= 15 is 0 Å². The molecule has 3 heterocycles. The van der Waals surface area contributed by atoms with Crippen LogP contribution >= 0.6 is 0 Å². The van der Waals surface area contributed by atoms with Gasteiger partial charge in [0, 0.05) is 24.5 Å². The lowest BCUT2D eigenvalue weighted by Gasteiger charge is -2.29. The van der Waals surface area contributed by atoms with E-state index in [2.05, 4.69) is 24.3 Å². The van der Waals surface area contributed by atoms with E-state index in [0.29, 0.717) is 38.1 Å². The van der Waals surface area contributed by atoms with E-state index < -0.39 is 5.60 Å². The molecular formula is C37H38N4O4. The van der Waals surface area contributed by atoms with Crippen LogP contribution in [0.4, 0.5) is 4.79 Å². The lowest BCUT2D eigenvalue weighted by molar-refractivity contribution is 0.0270. The van der Waals surface area contributed by atoms with Gasteiger partial charge < -0.3 is 19.1 Å². The third kappa shape index (κ3) is 7.17. The van der Waals surface area contributed by atoms with Gasteiger partial charge >= 0.3 is 6.09 Å². The summed E-state index contributed by atoms with van der Waals surface area (Å²) in [5, 5.41) is 5.96. The van der Waals surface area contributed by atoms with Crippen molar-refractivity contribution in [2.45, 2.75) is 52.9 Å². The number of hydrogen-bond acceptors (Lipinski definition) is 6. The molecule has 230 valence electrons. The third-order valence-electron chi connectivity index (χ3n) is 7.59. The van der Waals surface area contributed by atoms with E-state index in [1.54, 1.807) is 4.90 Å². The zero-order valence-corrected chi connectivity index (χ0v) is 26.2. The van der Waals surface area contributed by atoms with Gasteiger partial charge in [-0.05, 0) is 74.6 Å². The van der Waals surface area contributed by atoms with Crippen LogP contribution in [0.25, 0.3) is 22.2 Å². The Labute approximate surface area is 263 Å². The molecule has 0 N–H and O–H groups in total. The maximum Gasteiger partial charge on any atom is 0.410 e. The molecule has 0 spiro atoms. The fourth-order valence-electron chi connectivity index (χ4n) is 5.30. The molecule has 0 radical (unpaired) electrons. The molecule has 1 aliphatic rings. The van der Waals surface area contributed by atoms with Crippen LogP contribution in [0.5, 0.6) is 11.8 Å². The smallest absolute Gasteiger partial charge is 0.410 e. The number of aromatic nitrogens is 3. The lowest BCUT2D eigenvalue weighted by atomic mass is 9.98. The molecule has 0 fully saturated rings. The number of carbonyl (C=O) groups is 1. The van der Waals surface area contributed by atoms with Crippen LogP contribution in [0, 0.1) is 6.92 Å². The van der Waals surface area contributed by atoms with Crippen molar-refractivity contribution in [3.05, 3.63) is 119 Å². The summed E-state index contributed by atoms with van der Waals surface area (Å²) in [4.78, 5) is 19.0. The van der Waals surface area contributed by atoms with E-state index in [0.717, 1.165) is 45.4 Å². The molecule has 1 aliphatic heterocycles. The summed E-state index contributed by atoms with van der Waals surface area (Å²) in [7, 11) is 0. The Hall–Kier alpha value is -5.11. The predicted octanol–water partition coefficient (Wildman–Crippen LogP) is 7.91. The Morgan fingerprint density at radius 1 is 0.867 bits per heavy atom. The average molecular weight is 603 g/mol. The molecule has 8 nitrogen and oxygen atoms in total. The molecule has 0 aliphatic carbocycles. The normalized spacial score (nSPS) is 13.4. The number of fused-ring (bicyclic) bond motifs is 1. The minimum atomic E-state index is -0.513. The summed E-state index contributed by atoms with van der Waals surface area (Å²) in [5.74, 6) is 0.918. The van der Waals surface area contributed by atoms with Gasteiger partial charge in [-0.25, -0.2) is 9.48 Å². The number of hydrogen-bond donors (Lipinski definition) is 0. The zero-order valence-electron chi connectivity index (χ0n) is 26.2. The monoisotopic (exact) mass is 602 g/mol. The van der Waals surface area contributed by atoms with Crippen LogP contribution in [-0.4, -0.2) is 44.4 Å². The summed E-state index contributed by atoms with van der Waals surface area (Å²) in [6.45, 7) is 9.57. The molecule has 0 unspecified atom stereocenters. The Bertz CT molecular complexity index is 1820. The number of ether oxygens (including phenoxy) is 3. The number of aryl methyl sites for hydroxylation is 1. The predicted molar refractivity (Wildman–Crippen MR) is 176 cm³/mol. The van der Waals surface area contributed by atoms with Gasteiger partial charge in [0.2, 0.25) is 11.8 Å². The minimum Gasteiger partial charge on any atom is -0.473 e. The molecule has 0 atom stereocenters. The van der Waals surface area contributed by atoms with Gasteiger partial charge in [-0.2, -0.15) is 10.1 Å². The van der Waals surface area contributed by atoms with Crippen molar-refractivity contribution in [1.29, 1.82) is 0 Å². The zero-order chi connectivity index (χ0) is 31.4. The summed E-state index contributed by atoms with van der Waals surface area (Å²) in [6.07, 6.45) is 2.59. The quantitative estimate of drug-likeness (QED) is 0.180. The SMILES string of the molecule is Cc1nn(-c2ccc(OCc3ccccc3)nc2OCc2ccccc2)c2ccc(C3=CCN(C(=O)OC(C)(C)C)CC3)cc12. The summed E-state index contributed by atoms with van der Waals surface area (Å²) in [5.41, 5.74) is 6.50. The second-order valence-electron chi connectivity index (χ2n) is 12.2. The molecular weight excluding hydrogens is 564 g/mol. The molecule has 5 aromatic rings. The molecule has 6 rings (SSSR count). The topological polar surface area (TPSA) is 78.7 Å². The Morgan fingerprint density at radius 3 is 2.20 bits per heavy atom. The van der Waals surface area contributed by atoms with E-state index in [-0.39, 0.29) is 6.09 Å². The second kappa shape index (κ2) is 12.9. The largest absolute Gasteiger partial charge is 0.473 e. The Balaban J connectivity index is 1.27. The highest BCUT2D eigenvalue weighted by Gasteiger charge is 2.24. The number of nitrogens with zero attached hydrogens (tertiary/aromatic N) is 4. The number of pyridine rings is 1. The highest BCUT2D eigenvalue weighted by molar-refractivity contribution is 5.87. The first kappa shape index (κ1) is 29.9. The van der Waals surface area contributed by atoms with Crippen molar-refractivity contribution in [3.63, 3.8) is 0 Å². The fourth-order valence-corrected chi connectivity index (χ4v) is 5.30. The molecule has 3 aromatic carbocycles. The van der Waals surface area contributed by atoms with E-state index in [9.17, 15) is 4.79 Å². The number of rotatable bonds is 8. The van der Waals surface area contributed by atoms with Gasteiger partial charge in [0.15, 0.2) is 0 Å². The standard InChI is InChI=1S/C37H38N4O4/c1-26-31-23-30(29-19-21-40(22-20-29)36(42)45-37(2,3)4)15-16-32(31)41(39-26)33-17-18-34(43-24-27-11-7-5-8-12-27)38-35(33)44-25-28-13-9-6-10-14-28/h5-19,23H,20-22,24-25H2,1-4H3. The van der Waals surface area contributed by atoms with Crippen LogP contribution in [-0.2, 0) is 18.0 Å². The highest BCUT2D eigenvalue weighted by Crippen LogP contribution is 2.32. The van der Waals surface area contributed by atoms with Gasteiger partial charge in [0.25, 0.3) is 0 Å². The average Bonchev–Trinajstić information content (AvgIpc) is 3.38. The minimum absolute atomic E-state index is 0.277. The summed E-state index contributed by atoms with van der Waals surface area (Å²) < 4.78 is 19.8. The van der Waals surface area contributed by atoms with Crippen LogP contribution in [0.3, 0.4) is 0 Å². The number of carbonyl (C=O) groups excluding carboxylic acids is 1. The molecule has 8 heteroatoms. The third-order valence-corrected chi connectivity index (χ3v) is 7.59. The van der Waals surface area contributed by atoms with Crippen LogP contribution < -0.4 is 9.47 Å². The maximum atomic E-state index is 12.5. The van der Waals surface area contributed by atoms with E-state index in [4.69, 9.17) is 24.3 Å². The molecule has 45 heavy (non-hydrogen) atoms. The lowest BCUT2D eigenvalue weighted by Crippen LogP contribution is -2.39. The van der Waals surface area contributed by atoms with Crippen LogP contribution in [0.1, 0.15) is 49.6 Å². The fraction of sp³-hybridized carbons (Fsp3) is 0.270. The van der Waals surface area contributed by atoms with Gasteiger partial charge in [-0.15, -0.1) is 0 Å². The maximum absolute atomic E-state index is 12.5. The highest BCUT2D eigenvalue weighted by atomic mass is 16.6. The van der Waals surface area contributed by atoms with Crippen molar-refractivity contribution in [2.75, 3.05) is 13.1 Å². The van der Waals surface area contributed by atoms with Crippen molar-refractivity contribution in [3.8, 4) is 17.4 Å². The second-order valence-corrected chi connectivity index (χ2v) is 12.2. The first-order valence-corrected chi connectivity index (χ1v) is 15.2. The Kier molecular flexibility index (Phi) is 8.56. The van der Waals surface area contributed by atoms with Gasteiger partial charge in [0.05, 0.1) is 11.2 Å². The number of amides is 1. The first-order valence-electron chi connectivity index (χ1n) is 15.2. The van der Waals surface area contributed by atoms with Crippen molar-refractivity contribution >= 4 is 22.6 Å². The van der Waals surface area contributed by atoms with Gasteiger partial charge in [-0.1, -0.05) is 72.8 Å². The molecule has 0 saturated heterocycles. The van der Waals surface area contributed by atoms with Crippen molar-refractivity contribution < 1.29 is 19.0 Å². The molecule has 0 bridgehead atoms. The van der Waals surface area contributed by atoms with E-state index in [1.807, 2.05) is 105 Å². The summed E-state index contributed by atoms with van der Waals surface area (Å²) >= 11 is 0. The van der Waals surface area contributed by atoms with Crippen molar-refractivity contribution in [2.24, 2.45) is 0 Å². The van der Waals surface area contributed by atoms with Crippen LogP contribution in [0.15, 0.2) is 97.1 Å². The molecule has 2 aromatic heterocycles.